The monoisotopic (exact) mass is 551 g/mol. The molecule has 0 saturated heterocycles. The number of aliphatic hydroxyl groups excluding tert-OH is 1. The number of halogens is 6. The second kappa shape index (κ2) is 12.1. The molecule has 1 amide bonds. The van der Waals surface area contributed by atoms with E-state index in [1.165, 1.54) is 0 Å². The van der Waals surface area contributed by atoms with Crippen LogP contribution in [0.25, 0.3) is 11.1 Å². The summed E-state index contributed by atoms with van der Waals surface area (Å²) in [6, 6.07) is 13.2. The highest BCUT2D eigenvalue weighted by molar-refractivity contribution is 6.30. The van der Waals surface area contributed by atoms with Crippen molar-refractivity contribution in [3.63, 3.8) is 0 Å². The van der Waals surface area contributed by atoms with Crippen molar-refractivity contribution in [2.24, 2.45) is 0 Å². The first-order valence-electron chi connectivity index (χ1n) is 11.1. The summed E-state index contributed by atoms with van der Waals surface area (Å²) in [5.41, 5.74) is 1.50. The molecule has 0 radical (unpaired) electrons. The van der Waals surface area contributed by atoms with Gasteiger partial charge in [0.15, 0.2) is 12.7 Å². The lowest BCUT2D eigenvalue weighted by atomic mass is 9.98. The van der Waals surface area contributed by atoms with Crippen LogP contribution in [0.1, 0.15) is 32.8 Å². The van der Waals surface area contributed by atoms with Crippen LogP contribution in [0.4, 0.5) is 26.7 Å². The van der Waals surface area contributed by atoms with Crippen LogP contribution in [-0.2, 0) is 20.7 Å². The SMILES string of the molecule is CC(C)(C)OC(=O)N[C@H](Cc1ccc(-c2cccc(Cl)c2)cc1)C[C@@H](O)C(=O)OCC(F)(F)C(F)(F)F. The number of amides is 1. The Hall–Kier alpha value is -2.92. The predicted molar refractivity (Wildman–Crippen MR) is 126 cm³/mol. The van der Waals surface area contributed by atoms with Crippen molar-refractivity contribution in [2.45, 2.75) is 63.5 Å². The van der Waals surface area contributed by atoms with Crippen LogP contribution in [0.3, 0.4) is 0 Å². The Morgan fingerprint density at radius 3 is 2.16 bits per heavy atom. The van der Waals surface area contributed by atoms with Crippen LogP contribution < -0.4 is 5.32 Å². The van der Waals surface area contributed by atoms with Gasteiger partial charge < -0.3 is 19.9 Å². The van der Waals surface area contributed by atoms with Gasteiger partial charge in [-0.25, -0.2) is 9.59 Å². The number of esters is 1. The Kier molecular flexibility index (Phi) is 9.90. The minimum absolute atomic E-state index is 0.0676. The summed E-state index contributed by atoms with van der Waals surface area (Å²) in [7, 11) is 0. The van der Waals surface area contributed by atoms with Crippen LogP contribution in [0.15, 0.2) is 48.5 Å². The largest absolute Gasteiger partial charge is 0.457 e. The van der Waals surface area contributed by atoms with Crippen molar-refractivity contribution in [1.29, 1.82) is 0 Å². The highest BCUT2D eigenvalue weighted by Gasteiger charge is 2.58. The number of alkyl halides is 5. The van der Waals surface area contributed by atoms with Crippen molar-refractivity contribution < 1.29 is 46.1 Å². The number of hydrogen-bond donors (Lipinski definition) is 2. The van der Waals surface area contributed by atoms with Crippen molar-refractivity contribution >= 4 is 23.7 Å². The molecule has 0 spiro atoms. The average Bonchev–Trinajstić information content (AvgIpc) is 2.75. The third-order valence-corrected chi connectivity index (χ3v) is 5.14. The Bertz CT molecular complexity index is 1070. The number of carbonyl (C=O) groups excluding carboxylic acids is 2. The summed E-state index contributed by atoms with van der Waals surface area (Å²) in [4.78, 5) is 24.2. The molecule has 0 aliphatic carbocycles. The fraction of sp³-hybridized carbons (Fsp3) is 0.440. The van der Waals surface area contributed by atoms with Gasteiger partial charge in [-0.3, -0.25) is 0 Å². The number of nitrogens with one attached hydrogen (secondary N) is 1. The standard InChI is InChI=1S/C25H27ClF5NO5/c1-23(2,3)37-22(35)32-19(13-20(33)21(34)36-14-24(27,28)25(29,30)31)11-15-7-9-16(10-8-15)17-5-4-6-18(26)12-17/h4-10,12,19-20,33H,11,13-14H2,1-3H3,(H,32,35)/t19-,20-/m1/s1. The third-order valence-electron chi connectivity index (χ3n) is 4.91. The molecule has 2 rings (SSSR count). The molecule has 0 fully saturated rings. The normalized spacial score (nSPS) is 14.0. The molecule has 2 N–H and O–H groups in total. The van der Waals surface area contributed by atoms with E-state index in [-0.39, 0.29) is 6.42 Å². The zero-order valence-corrected chi connectivity index (χ0v) is 21.0. The van der Waals surface area contributed by atoms with E-state index in [0.717, 1.165) is 11.1 Å². The number of aliphatic hydroxyl groups is 1. The van der Waals surface area contributed by atoms with Crippen molar-refractivity contribution in [1.82, 2.24) is 5.32 Å². The number of benzene rings is 2. The van der Waals surface area contributed by atoms with Crippen LogP contribution in [-0.4, -0.2) is 53.6 Å². The lowest BCUT2D eigenvalue weighted by Gasteiger charge is -2.25. The van der Waals surface area contributed by atoms with E-state index in [1.807, 2.05) is 6.07 Å². The molecule has 0 aromatic heterocycles. The Morgan fingerprint density at radius 1 is 1.00 bits per heavy atom. The maximum absolute atomic E-state index is 13.0. The molecule has 12 heteroatoms. The fourth-order valence-electron chi connectivity index (χ4n) is 3.16. The van der Waals surface area contributed by atoms with Gasteiger partial charge in [-0.05, 0) is 56.0 Å². The van der Waals surface area contributed by atoms with Crippen molar-refractivity contribution in [3.05, 3.63) is 59.1 Å². The van der Waals surface area contributed by atoms with E-state index in [9.17, 15) is 36.6 Å². The molecule has 37 heavy (non-hydrogen) atoms. The highest BCUT2D eigenvalue weighted by Crippen LogP contribution is 2.35. The number of hydrogen-bond acceptors (Lipinski definition) is 5. The summed E-state index contributed by atoms with van der Waals surface area (Å²) in [5.74, 6) is -6.96. The number of ether oxygens (including phenoxy) is 2. The molecule has 6 nitrogen and oxygen atoms in total. The van der Waals surface area contributed by atoms with Gasteiger partial charge in [0.25, 0.3) is 0 Å². The smallest absolute Gasteiger partial charge is 0.456 e. The Labute approximate surface area is 215 Å². The van der Waals surface area contributed by atoms with Crippen LogP contribution in [0.5, 0.6) is 0 Å². The first kappa shape index (κ1) is 30.3. The average molecular weight is 552 g/mol. The molecule has 0 saturated carbocycles. The van der Waals surface area contributed by atoms with Gasteiger partial charge in [0.1, 0.15) is 5.60 Å². The summed E-state index contributed by atoms with van der Waals surface area (Å²) in [6.45, 7) is 2.57. The Morgan fingerprint density at radius 2 is 1.62 bits per heavy atom. The number of alkyl carbamates (subject to hydrolysis) is 1. The Balaban J connectivity index is 2.12. The van der Waals surface area contributed by atoms with Crippen LogP contribution >= 0.6 is 11.6 Å². The van der Waals surface area contributed by atoms with E-state index in [0.29, 0.717) is 10.6 Å². The summed E-state index contributed by atoms with van der Waals surface area (Å²) in [5, 5.41) is 13.2. The molecule has 2 aromatic rings. The molecule has 2 aromatic carbocycles. The highest BCUT2D eigenvalue weighted by atomic mass is 35.5. The molecule has 0 aliphatic heterocycles. The third kappa shape index (κ3) is 9.81. The number of carbonyl (C=O) groups is 2. The first-order valence-corrected chi connectivity index (χ1v) is 11.5. The van der Waals surface area contributed by atoms with E-state index >= 15 is 0 Å². The van der Waals surface area contributed by atoms with Gasteiger partial charge in [0.2, 0.25) is 0 Å². The lowest BCUT2D eigenvalue weighted by molar-refractivity contribution is -0.294. The summed E-state index contributed by atoms with van der Waals surface area (Å²) >= 11 is 6.02. The molecular weight excluding hydrogens is 525 g/mol. The maximum atomic E-state index is 13.0. The molecular formula is C25H27ClF5NO5. The second-order valence-electron chi connectivity index (χ2n) is 9.32. The minimum Gasteiger partial charge on any atom is -0.457 e. The van der Waals surface area contributed by atoms with Crippen molar-refractivity contribution in [3.8, 4) is 11.1 Å². The summed E-state index contributed by atoms with van der Waals surface area (Å²) in [6.07, 6.45) is -9.35. The van der Waals surface area contributed by atoms with E-state index < -0.39 is 54.9 Å². The fourth-order valence-corrected chi connectivity index (χ4v) is 3.35. The predicted octanol–water partition coefficient (Wildman–Crippen LogP) is 5.93. The second-order valence-corrected chi connectivity index (χ2v) is 9.75. The van der Waals surface area contributed by atoms with Gasteiger partial charge in [0.05, 0.1) is 0 Å². The minimum atomic E-state index is -5.92. The van der Waals surface area contributed by atoms with Gasteiger partial charge in [-0.2, -0.15) is 22.0 Å². The van der Waals surface area contributed by atoms with Crippen LogP contribution in [0.2, 0.25) is 5.02 Å². The molecule has 0 heterocycles. The number of rotatable bonds is 9. The lowest BCUT2D eigenvalue weighted by Crippen LogP contribution is -2.45. The topological polar surface area (TPSA) is 84.9 Å². The maximum Gasteiger partial charge on any atom is 0.456 e. The van der Waals surface area contributed by atoms with E-state index in [2.05, 4.69) is 10.1 Å². The molecule has 0 unspecified atom stereocenters. The van der Waals surface area contributed by atoms with Crippen molar-refractivity contribution in [2.75, 3.05) is 6.61 Å². The van der Waals surface area contributed by atoms with Gasteiger partial charge in [0, 0.05) is 17.5 Å². The molecule has 0 bridgehead atoms. The first-order chi connectivity index (χ1) is 17.0. The zero-order valence-electron chi connectivity index (χ0n) is 20.2. The van der Waals surface area contributed by atoms with Gasteiger partial charge >= 0.3 is 24.2 Å². The van der Waals surface area contributed by atoms with E-state index in [1.54, 1.807) is 63.2 Å². The zero-order chi connectivity index (χ0) is 28.0. The molecule has 204 valence electrons. The van der Waals surface area contributed by atoms with Crippen LogP contribution in [0, 0.1) is 0 Å². The van der Waals surface area contributed by atoms with Gasteiger partial charge in [-0.1, -0.05) is 48.0 Å². The van der Waals surface area contributed by atoms with Gasteiger partial charge in [-0.15, -0.1) is 0 Å². The van der Waals surface area contributed by atoms with E-state index in [4.69, 9.17) is 16.3 Å². The summed E-state index contributed by atoms with van der Waals surface area (Å²) < 4.78 is 72.2. The quantitative estimate of drug-likeness (QED) is 0.298. The molecule has 0 aliphatic rings. The molecule has 2 atom stereocenters.